The Morgan fingerprint density at radius 3 is 2.40 bits per heavy atom. The van der Waals surface area contributed by atoms with Crippen LogP contribution in [0.4, 0.5) is 4.39 Å². The maximum absolute atomic E-state index is 13.7. The molecular formula is C11H11Cl2FN2O3S. The molecule has 1 aliphatic carbocycles. The number of benzene rings is 1. The summed E-state index contributed by atoms with van der Waals surface area (Å²) in [5.41, 5.74) is -0.271. The highest BCUT2D eigenvalue weighted by atomic mass is 35.5. The predicted molar refractivity (Wildman–Crippen MR) is 72.9 cm³/mol. The summed E-state index contributed by atoms with van der Waals surface area (Å²) in [6, 6.07) is 0.885. The van der Waals surface area contributed by atoms with Gasteiger partial charge in [-0.3, -0.25) is 4.79 Å². The fraction of sp³-hybridized carbons (Fsp3) is 0.364. The van der Waals surface area contributed by atoms with Crippen molar-refractivity contribution >= 4 is 39.1 Å². The number of amides is 1. The van der Waals surface area contributed by atoms with Gasteiger partial charge < -0.3 is 4.90 Å². The third-order valence-electron chi connectivity index (χ3n) is 3.05. The van der Waals surface area contributed by atoms with E-state index in [2.05, 4.69) is 0 Å². The van der Waals surface area contributed by atoms with Crippen LogP contribution in [0.5, 0.6) is 0 Å². The van der Waals surface area contributed by atoms with Gasteiger partial charge in [-0.1, -0.05) is 23.2 Å². The molecule has 1 saturated carbocycles. The summed E-state index contributed by atoms with van der Waals surface area (Å²) < 4.78 is 36.6. The first-order chi connectivity index (χ1) is 9.14. The largest absolute Gasteiger partial charge is 0.339 e. The van der Waals surface area contributed by atoms with Crippen LogP contribution in [0, 0.1) is 5.82 Å². The molecule has 0 bridgehead atoms. The molecule has 0 aromatic heterocycles. The normalized spacial score (nSPS) is 15.2. The maximum atomic E-state index is 13.7. The zero-order chi connectivity index (χ0) is 15.2. The van der Waals surface area contributed by atoms with Crippen molar-refractivity contribution < 1.29 is 17.6 Å². The number of nitrogens with two attached hydrogens (primary N) is 1. The lowest BCUT2D eigenvalue weighted by molar-refractivity contribution is 0.0784. The van der Waals surface area contributed by atoms with Crippen molar-refractivity contribution in [1.29, 1.82) is 0 Å². The lowest BCUT2D eigenvalue weighted by Gasteiger charge is -2.18. The van der Waals surface area contributed by atoms with Crippen LogP contribution in [-0.4, -0.2) is 32.3 Å². The van der Waals surface area contributed by atoms with Crippen LogP contribution in [0.1, 0.15) is 23.2 Å². The van der Waals surface area contributed by atoms with Gasteiger partial charge >= 0.3 is 0 Å². The summed E-state index contributed by atoms with van der Waals surface area (Å²) in [5.74, 6) is -1.63. The number of carbonyl (C=O) groups is 1. The highest BCUT2D eigenvalue weighted by Gasteiger charge is 2.33. The molecule has 110 valence electrons. The second-order valence-electron chi connectivity index (χ2n) is 4.56. The van der Waals surface area contributed by atoms with Crippen molar-refractivity contribution in [2.24, 2.45) is 5.14 Å². The van der Waals surface area contributed by atoms with E-state index in [0.29, 0.717) is 0 Å². The number of halogens is 3. The third-order valence-corrected chi connectivity index (χ3v) is 5.01. The Morgan fingerprint density at radius 2 is 1.95 bits per heavy atom. The lowest BCUT2D eigenvalue weighted by atomic mass is 10.2. The summed E-state index contributed by atoms with van der Waals surface area (Å²) in [4.78, 5) is 12.8. The van der Waals surface area contributed by atoms with Gasteiger partial charge in [0.1, 0.15) is 10.7 Å². The van der Waals surface area contributed by atoms with Crippen LogP contribution >= 0.6 is 23.2 Å². The quantitative estimate of drug-likeness (QED) is 0.854. The average Bonchev–Trinajstić information content (AvgIpc) is 3.14. The lowest BCUT2D eigenvalue weighted by Crippen LogP contribution is -2.29. The molecule has 0 spiro atoms. The minimum absolute atomic E-state index is 0.0650. The van der Waals surface area contributed by atoms with Crippen molar-refractivity contribution in [2.45, 2.75) is 23.8 Å². The van der Waals surface area contributed by atoms with Gasteiger partial charge in [0.2, 0.25) is 10.0 Å². The smallest absolute Gasteiger partial charge is 0.255 e. The summed E-state index contributed by atoms with van der Waals surface area (Å²) in [5, 5.41) is 3.78. The molecule has 1 fully saturated rings. The first kappa shape index (κ1) is 15.5. The van der Waals surface area contributed by atoms with Gasteiger partial charge in [-0.15, -0.1) is 0 Å². The molecule has 0 aliphatic heterocycles. The molecule has 20 heavy (non-hydrogen) atoms. The molecule has 0 unspecified atom stereocenters. The van der Waals surface area contributed by atoms with E-state index in [-0.39, 0.29) is 11.6 Å². The Balaban J connectivity index is 2.60. The fourth-order valence-electron chi connectivity index (χ4n) is 1.80. The van der Waals surface area contributed by atoms with E-state index >= 15 is 0 Å². The van der Waals surface area contributed by atoms with Gasteiger partial charge in [0.15, 0.2) is 0 Å². The SMILES string of the molecule is CN(C(=O)c1cc(F)c(Cl)c(S(N)(=O)=O)c1Cl)C1CC1. The molecule has 0 saturated heterocycles. The highest BCUT2D eigenvalue weighted by Crippen LogP contribution is 2.35. The Morgan fingerprint density at radius 1 is 1.40 bits per heavy atom. The van der Waals surface area contributed by atoms with Crippen LogP contribution in [0.2, 0.25) is 10.0 Å². The molecule has 9 heteroatoms. The number of carbonyl (C=O) groups excluding carboxylic acids is 1. The van der Waals surface area contributed by atoms with Gasteiger partial charge in [-0.2, -0.15) is 0 Å². The molecular weight excluding hydrogens is 330 g/mol. The number of hydrogen-bond acceptors (Lipinski definition) is 3. The zero-order valence-corrected chi connectivity index (χ0v) is 12.7. The topological polar surface area (TPSA) is 80.5 Å². The summed E-state index contributed by atoms with van der Waals surface area (Å²) in [7, 11) is -2.81. The van der Waals surface area contributed by atoms with Gasteiger partial charge in [0, 0.05) is 13.1 Å². The van der Waals surface area contributed by atoms with Gasteiger partial charge in [-0.25, -0.2) is 17.9 Å². The summed E-state index contributed by atoms with van der Waals surface area (Å²) in [6.07, 6.45) is 1.69. The van der Waals surface area contributed by atoms with Crippen LogP contribution in [0.3, 0.4) is 0 Å². The number of primary sulfonamides is 1. The van der Waals surface area contributed by atoms with Gasteiger partial charge in [0.05, 0.1) is 15.6 Å². The minimum Gasteiger partial charge on any atom is -0.339 e. The first-order valence-electron chi connectivity index (χ1n) is 5.62. The van der Waals surface area contributed by atoms with Gasteiger partial charge in [0.25, 0.3) is 5.91 Å². The van der Waals surface area contributed by atoms with E-state index in [1.165, 1.54) is 4.90 Å². The Bertz CT molecular complexity index is 689. The average molecular weight is 341 g/mol. The Kier molecular flexibility index (Phi) is 3.98. The molecule has 1 aromatic carbocycles. The maximum Gasteiger partial charge on any atom is 0.255 e. The molecule has 2 N–H and O–H groups in total. The van der Waals surface area contributed by atoms with Crippen LogP contribution < -0.4 is 5.14 Å². The van der Waals surface area contributed by atoms with E-state index < -0.39 is 36.7 Å². The van der Waals surface area contributed by atoms with E-state index in [0.717, 1.165) is 18.9 Å². The standard InChI is InChI=1S/C11H11Cl2FN2O3S/c1-16(5-2-3-5)11(17)6-4-7(14)9(13)10(8(6)12)20(15,18)19/h4-5H,2-3H2,1H3,(H2,15,18,19). The van der Waals surface area contributed by atoms with Crippen molar-refractivity contribution in [3.05, 3.63) is 27.5 Å². The van der Waals surface area contributed by atoms with Crippen molar-refractivity contribution in [3.63, 3.8) is 0 Å². The monoisotopic (exact) mass is 340 g/mol. The fourth-order valence-corrected chi connectivity index (χ4v) is 3.58. The third kappa shape index (κ3) is 2.76. The number of hydrogen-bond donors (Lipinski definition) is 1. The molecule has 1 aromatic rings. The number of rotatable bonds is 3. The van der Waals surface area contributed by atoms with E-state index in [4.69, 9.17) is 28.3 Å². The van der Waals surface area contributed by atoms with Crippen LogP contribution in [0.15, 0.2) is 11.0 Å². The Hall–Kier alpha value is -0.890. The van der Waals surface area contributed by atoms with E-state index in [1.807, 2.05) is 0 Å². The number of sulfonamides is 1. The zero-order valence-electron chi connectivity index (χ0n) is 10.4. The second kappa shape index (κ2) is 5.14. The van der Waals surface area contributed by atoms with Crippen LogP contribution in [0.25, 0.3) is 0 Å². The molecule has 0 atom stereocenters. The summed E-state index contributed by atoms with van der Waals surface area (Å²) >= 11 is 11.4. The van der Waals surface area contributed by atoms with Crippen LogP contribution in [-0.2, 0) is 10.0 Å². The molecule has 5 nitrogen and oxygen atoms in total. The molecule has 2 rings (SSSR count). The van der Waals surface area contributed by atoms with E-state index in [1.54, 1.807) is 7.05 Å². The summed E-state index contributed by atoms with van der Waals surface area (Å²) in [6.45, 7) is 0. The predicted octanol–water partition coefficient (Wildman–Crippen LogP) is 2.01. The molecule has 1 aliphatic rings. The van der Waals surface area contributed by atoms with Crippen molar-refractivity contribution in [1.82, 2.24) is 4.90 Å². The molecule has 0 heterocycles. The van der Waals surface area contributed by atoms with Crippen molar-refractivity contribution in [2.75, 3.05) is 7.05 Å². The van der Waals surface area contributed by atoms with Crippen molar-refractivity contribution in [3.8, 4) is 0 Å². The van der Waals surface area contributed by atoms with Gasteiger partial charge in [-0.05, 0) is 18.9 Å². The molecule has 1 amide bonds. The van der Waals surface area contributed by atoms with E-state index in [9.17, 15) is 17.6 Å². The second-order valence-corrected chi connectivity index (χ2v) is 6.81. The highest BCUT2D eigenvalue weighted by molar-refractivity contribution is 7.89. The minimum atomic E-state index is -4.35. The first-order valence-corrected chi connectivity index (χ1v) is 7.92. The number of nitrogens with zero attached hydrogens (tertiary/aromatic N) is 1. The molecule has 0 radical (unpaired) electrons. The Labute approximate surface area is 125 Å².